The molecule has 0 saturated heterocycles. The van der Waals surface area contributed by atoms with Crippen molar-refractivity contribution in [1.29, 1.82) is 0 Å². The number of anilines is 2. The Labute approximate surface area is 153 Å². The van der Waals surface area contributed by atoms with Crippen LogP contribution >= 0.6 is 0 Å². The first-order valence-corrected chi connectivity index (χ1v) is 7.58. The Kier molecular flexibility index (Phi) is 4.84. The van der Waals surface area contributed by atoms with Crippen LogP contribution in [0.15, 0.2) is 36.7 Å². The zero-order valence-electron chi connectivity index (χ0n) is 14.0. The first-order chi connectivity index (χ1) is 13.1. The number of benzene rings is 1. The molecule has 1 amide bonds. The molecule has 3 rings (SSSR count). The molecular weight excluding hydrogens is 390 g/mol. The molecule has 5 nitrogen and oxygen atoms in total. The number of amides is 1. The molecule has 0 saturated carbocycles. The van der Waals surface area contributed by atoms with E-state index < -0.39 is 35.0 Å². The van der Waals surface area contributed by atoms with Crippen LogP contribution in [0, 0.1) is 17.5 Å². The van der Waals surface area contributed by atoms with Gasteiger partial charge < -0.3 is 0 Å². The molecule has 146 valence electrons. The van der Waals surface area contributed by atoms with E-state index >= 15 is 0 Å². The van der Waals surface area contributed by atoms with Crippen molar-refractivity contribution in [3.63, 3.8) is 0 Å². The van der Waals surface area contributed by atoms with Crippen LogP contribution in [-0.2, 0) is 18.0 Å². The van der Waals surface area contributed by atoms with Crippen molar-refractivity contribution in [2.24, 2.45) is 7.05 Å². The number of rotatable bonds is 4. The first kappa shape index (κ1) is 19.4. The van der Waals surface area contributed by atoms with Crippen molar-refractivity contribution < 1.29 is 31.1 Å². The van der Waals surface area contributed by atoms with E-state index in [0.29, 0.717) is 23.4 Å². The molecule has 0 aliphatic heterocycles. The van der Waals surface area contributed by atoms with Gasteiger partial charge in [0.1, 0.15) is 11.5 Å². The number of aryl methyl sites for hydroxylation is 1. The van der Waals surface area contributed by atoms with Gasteiger partial charge >= 0.3 is 6.18 Å². The van der Waals surface area contributed by atoms with E-state index in [4.69, 9.17) is 0 Å². The molecule has 0 aliphatic carbocycles. The summed E-state index contributed by atoms with van der Waals surface area (Å²) in [6, 6.07) is 3.64. The smallest absolute Gasteiger partial charge is 0.278 e. The van der Waals surface area contributed by atoms with Gasteiger partial charge in [0, 0.05) is 12.6 Å². The van der Waals surface area contributed by atoms with Crippen LogP contribution in [0.3, 0.4) is 0 Å². The Hall–Kier alpha value is -3.37. The monoisotopic (exact) mass is 400 g/mol. The lowest BCUT2D eigenvalue weighted by atomic mass is 10.1. The molecular formula is C17H10F6N4O. The molecule has 0 spiro atoms. The average Bonchev–Trinajstić information content (AvgIpc) is 3.00. The fourth-order valence-electron chi connectivity index (χ4n) is 2.60. The summed E-state index contributed by atoms with van der Waals surface area (Å²) in [4.78, 5) is 15.2. The van der Waals surface area contributed by atoms with Crippen molar-refractivity contribution in [2.45, 2.75) is 6.18 Å². The molecule has 1 aromatic carbocycles. The summed E-state index contributed by atoms with van der Waals surface area (Å²) in [7, 11) is 1.21. The SMILES string of the molecule is Cn1nc(C(F)(F)F)cc1-c1ccc(N(C=O)c2c(F)cncc2F)cc1F. The van der Waals surface area contributed by atoms with Crippen LogP contribution in [0.4, 0.5) is 37.7 Å². The van der Waals surface area contributed by atoms with Gasteiger partial charge in [0.15, 0.2) is 17.3 Å². The molecule has 2 heterocycles. The largest absolute Gasteiger partial charge is 0.435 e. The Bertz CT molecular complexity index is 1030. The van der Waals surface area contributed by atoms with E-state index in [0.717, 1.165) is 22.9 Å². The molecule has 0 fully saturated rings. The van der Waals surface area contributed by atoms with E-state index in [9.17, 15) is 31.1 Å². The minimum atomic E-state index is -4.71. The maximum absolute atomic E-state index is 14.6. The Morgan fingerprint density at radius 1 is 1.04 bits per heavy atom. The Morgan fingerprint density at radius 2 is 1.68 bits per heavy atom. The highest BCUT2D eigenvalue weighted by Gasteiger charge is 2.35. The van der Waals surface area contributed by atoms with Crippen LogP contribution in [-0.4, -0.2) is 21.2 Å². The highest BCUT2D eigenvalue weighted by atomic mass is 19.4. The highest BCUT2D eigenvalue weighted by Crippen LogP contribution is 2.35. The number of hydrogen-bond donors (Lipinski definition) is 0. The summed E-state index contributed by atoms with van der Waals surface area (Å²) in [5.74, 6) is -3.33. The van der Waals surface area contributed by atoms with Crippen LogP contribution in [0.2, 0.25) is 0 Å². The highest BCUT2D eigenvalue weighted by molar-refractivity contribution is 5.87. The molecule has 28 heavy (non-hydrogen) atoms. The van der Waals surface area contributed by atoms with E-state index in [-0.39, 0.29) is 23.4 Å². The van der Waals surface area contributed by atoms with Crippen molar-refractivity contribution in [2.75, 3.05) is 4.90 Å². The van der Waals surface area contributed by atoms with Crippen molar-refractivity contribution in [3.05, 3.63) is 59.8 Å². The summed E-state index contributed by atoms with van der Waals surface area (Å²) in [5.41, 5.74) is -2.62. The topological polar surface area (TPSA) is 51.0 Å². The van der Waals surface area contributed by atoms with Gasteiger partial charge in [0.05, 0.1) is 23.8 Å². The number of hydrogen-bond acceptors (Lipinski definition) is 3. The standard InChI is InChI=1S/C17H10F6N4O/c1-26-14(5-15(25-26)17(21,22)23)10-3-2-9(4-11(10)18)27(8-28)16-12(19)6-24-7-13(16)20/h2-8H,1H3. The normalized spacial score (nSPS) is 11.5. The number of carbonyl (C=O) groups is 1. The number of halogens is 6. The Morgan fingerprint density at radius 3 is 2.18 bits per heavy atom. The lowest BCUT2D eigenvalue weighted by Gasteiger charge is -2.19. The first-order valence-electron chi connectivity index (χ1n) is 7.58. The quantitative estimate of drug-likeness (QED) is 0.487. The number of carbonyl (C=O) groups excluding carboxylic acids is 1. The molecule has 0 aliphatic rings. The molecule has 2 aromatic heterocycles. The van der Waals surface area contributed by atoms with Crippen molar-refractivity contribution in [3.8, 4) is 11.3 Å². The van der Waals surface area contributed by atoms with Crippen molar-refractivity contribution >= 4 is 17.8 Å². The number of nitrogens with zero attached hydrogens (tertiary/aromatic N) is 4. The minimum Gasteiger partial charge on any atom is -0.278 e. The summed E-state index contributed by atoms with van der Waals surface area (Å²) in [6.07, 6.45) is -3.29. The van der Waals surface area contributed by atoms with E-state index in [2.05, 4.69) is 10.1 Å². The number of aromatic nitrogens is 3. The molecule has 11 heteroatoms. The molecule has 3 aromatic rings. The van der Waals surface area contributed by atoms with Crippen molar-refractivity contribution in [1.82, 2.24) is 14.8 Å². The van der Waals surface area contributed by atoms with E-state index in [1.54, 1.807) is 0 Å². The van der Waals surface area contributed by atoms with Gasteiger partial charge in [-0.05, 0) is 24.3 Å². The second-order valence-electron chi connectivity index (χ2n) is 5.63. The molecule has 0 N–H and O–H groups in total. The molecule has 0 radical (unpaired) electrons. The van der Waals surface area contributed by atoms with Gasteiger partial charge in [0.25, 0.3) is 0 Å². The fourth-order valence-corrected chi connectivity index (χ4v) is 2.60. The van der Waals surface area contributed by atoms with Crippen LogP contribution in [0.5, 0.6) is 0 Å². The second-order valence-corrected chi connectivity index (χ2v) is 5.63. The molecule has 0 unspecified atom stereocenters. The maximum atomic E-state index is 14.6. The van der Waals surface area contributed by atoms with Gasteiger partial charge in [-0.25, -0.2) is 13.2 Å². The molecule has 0 bridgehead atoms. The number of alkyl halides is 3. The summed E-state index contributed by atoms with van der Waals surface area (Å²) in [5, 5.41) is 3.30. The maximum Gasteiger partial charge on any atom is 0.435 e. The van der Waals surface area contributed by atoms with Gasteiger partial charge in [-0.1, -0.05) is 0 Å². The summed E-state index contributed by atoms with van der Waals surface area (Å²) in [6.45, 7) is 0. The predicted molar refractivity (Wildman–Crippen MR) is 86.0 cm³/mol. The zero-order valence-corrected chi connectivity index (χ0v) is 14.0. The lowest BCUT2D eigenvalue weighted by molar-refractivity contribution is -0.141. The third-order valence-electron chi connectivity index (χ3n) is 3.85. The summed E-state index contributed by atoms with van der Waals surface area (Å²) >= 11 is 0. The average molecular weight is 400 g/mol. The zero-order chi connectivity index (χ0) is 20.6. The van der Waals surface area contributed by atoms with E-state index in [1.165, 1.54) is 7.05 Å². The van der Waals surface area contributed by atoms with Gasteiger partial charge in [-0.2, -0.15) is 18.3 Å². The second kappa shape index (κ2) is 6.98. The van der Waals surface area contributed by atoms with Crippen LogP contribution in [0.25, 0.3) is 11.3 Å². The fraction of sp³-hybridized carbons (Fsp3) is 0.118. The van der Waals surface area contributed by atoms with Crippen LogP contribution < -0.4 is 4.90 Å². The minimum absolute atomic E-state index is 0.0712. The Balaban J connectivity index is 2.06. The number of pyridine rings is 1. The van der Waals surface area contributed by atoms with E-state index in [1.807, 2.05) is 0 Å². The molecule has 0 atom stereocenters. The van der Waals surface area contributed by atoms with Gasteiger partial charge in [-0.3, -0.25) is 19.4 Å². The van der Waals surface area contributed by atoms with Crippen LogP contribution in [0.1, 0.15) is 5.69 Å². The van der Waals surface area contributed by atoms with Gasteiger partial charge in [0.2, 0.25) is 6.41 Å². The van der Waals surface area contributed by atoms with Gasteiger partial charge in [-0.15, -0.1) is 0 Å². The third kappa shape index (κ3) is 3.42. The predicted octanol–water partition coefficient (Wildman–Crippen LogP) is 4.21. The lowest BCUT2D eigenvalue weighted by Crippen LogP contribution is -2.17. The third-order valence-corrected chi connectivity index (χ3v) is 3.85. The summed E-state index contributed by atoms with van der Waals surface area (Å²) < 4.78 is 81.5.